The van der Waals surface area contributed by atoms with Crippen LogP contribution in [0.2, 0.25) is 5.02 Å². The largest absolute Gasteiger partial charge is 0.477 e. The Morgan fingerprint density at radius 1 is 1.47 bits per heavy atom. The van der Waals surface area contributed by atoms with Gasteiger partial charge in [0.25, 0.3) is 0 Å². The van der Waals surface area contributed by atoms with Crippen molar-refractivity contribution < 1.29 is 14.3 Å². The van der Waals surface area contributed by atoms with E-state index >= 15 is 0 Å². The lowest BCUT2D eigenvalue weighted by Gasteiger charge is -2.02. The van der Waals surface area contributed by atoms with Gasteiger partial charge in [0.1, 0.15) is 11.5 Å². The van der Waals surface area contributed by atoms with E-state index in [2.05, 4.69) is 10.2 Å². The summed E-state index contributed by atoms with van der Waals surface area (Å²) in [6, 6.07) is 3.97. The molecule has 4 nitrogen and oxygen atoms in total. The van der Waals surface area contributed by atoms with Crippen LogP contribution in [-0.4, -0.2) is 21.3 Å². The maximum absolute atomic E-state index is 13.7. The van der Waals surface area contributed by atoms with Crippen molar-refractivity contribution in [2.45, 2.75) is 6.92 Å². The van der Waals surface area contributed by atoms with E-state index in [0.29, 0.717) is 10.6 Å². The molecule has 0 aliphatic rings. The van der Waals surface area contributed by atoms with Crippen molar-refractivity contribution in [2.24, 2.45) is 0 Å². The van der Waals surface area contributed by atoms with E-state index < -0.39 is 11.8 Å². The molecule has 0 saturated heterocycles. The summed E-state index contributed by atoms with van der Waals surface area (Å²) in [6.45, 7) is 1.68. The standard InChI is InChI=1S/C11H8ClFN2O2/c1-5-2-8(13)6(3-7(5)12)9-4-10(11(16)17)15-14-9/h2-4H,1H3,(H,14,15)(H,16,17). The molecule has 2 rings (SSSR count). The second kappa shape index (κ2) is 4.18. The van der Waals surface area contributed by atoms with Crippen molar-refractivity contribution in [3.63, 3.8) is 0 Å². The molecule has 2 N–H and O–H groups in total. The number of aromatic nitrogens is 2. The lowest BCUT2D eigenvalue weighted by molar-refractivity contribution is 0.0690. The van der Waals surface area contributed by atoms with Crippen molar-refractivity contribution >= 4 is 17.6 Å². The number of carboxylic acids is 1. The van der Waals surface area contributed by atoms with E-state index in [1.165, 1.54) is 18.2 Å². The molecular weight excluding hydrogens is 247 g/mol. The van der Waals surface area contributed by atoms with E-state index in [-0.39, 0.29) is 17.0 Å². The summed E-state index contributed by atoms with van der Waals surface area (Å²) >= 11 is 5.88. The number of nitrogens with zero attached hydrogens (tertiary/aromatic N) is 1. The smallest absolute Gasteiger partial charge is 0.353 e. The van der Waals surface area contributed by atoms with Gasteiger partial charge in [0.2, 0.25) is 0 Å². The van der Waals surface area contributed by atoms with Crippen molar-refractivity contribution in [1.29, 1.82) is 0 Å². The van der Waals surface area contributed by atoms with Gasteiger partial charge in [0.15, 0.2) is 0 Å². The Labute approximate surface area is 101 Å². The first-order valence-electron chi connectivity index (χ1n) is 4.73. The number of aryl methyl sites for hydroxylation is 1. The van der Waals surface area contributed by atoms with Crippen LogP contribution in [0.5, 0.6) is 0 Å². The molecule has 0 atom stereocenters. The number of nitrogens with one attached hydrogen (secondary N) is 1. The number of carboxylic acid groups (broad SMARTS) is 1. The molecule has 1 heterocycles. The molecular formula is C11H8ClFN2O2. The summed E-state index contributed by atoms with van der Waals surface area (Å²) in [6.07, 6.45) is 0. The molecule has 0 aliphatic heterocycles. The van der Waals surface area contributed by atoms with Crippen molar-refractivity contribution in [2.75, 3.05) is 0 Å². The van der Waals surface area contributed by atoms with E-state index in [4.69, 9.17) is 16.7 Å². The Balaban J connectivity index is 2.52. The molecule has 0 radical (unpaired) electrons. The van der Waals surface area contributed by atoms with E-state index in [9.17, 15) is 9.18 Å². The first kappa shape index (κ1) is 11.6. The van der Waals surface area contributed by atoms with Gasteiger partial charge in [-0.1, -0.05) is 11.6 Å². The second-order valence-electron chi connectivity index (χ2n) is 3.55. The van der Waals surface area contributed by atoms with Crippen LogP contribution in [0.25, 0.3) is 11.3 Å². The zero-order chi connectivity index (χ0) is 12.6. The van der Waals surface area contributed by atoms with E-state index in [0.717, 1.165) is 0 Å². The lowest BCUT2D eigenvalue weighted by atomic mass is 10.1. The third-order valence-electron chi connectivity index (χ3n) is 2.33. The van der Waals surface area contributed by atoms with E-state index in [1.54, 1.807) is 6.92 Å². The Hall–Kier alpha value is -1.88. The maximum atomic E-state index is 13.7. The Bertz CT molecular complexity index is 595. The highest BCUT2D eigenvalue weighted by Crippen LogP contribution is 2.27. The predicted molar refractivity (Wildman–Crippen MR) is 60.7 cm³/mol. The number of aromatic amines is 1. The van der Waals surface area contributed by atoms with Gasteiger partial charge >= 0.3 is 5.97 Å². The van der Waals surface area contributed by atoms with Gasteiger partial charge in [-0.3, -0.25) is 5.10 Å². The third-order valence-corrected chi connectivity index (χ3v) is 2.74. The van der Waals surface area contributed by atoms with Crippen LogP contribution in [0.4, 0.5) is 4.39 Å². The SMILES string of the molecule is Cc1cc(F)c(-c2cc(C(=O)O)[nH]n2)cc1Cl. The van der Waals surface area contributed by atoms with Crippen molar-refractivity contribution in [3.05, 3.63) is 40.3 Å². The zero-order valence-electron chi connectivity index (χ0n) is 8.79. The number of carbonyl (C=O) groups is 1. The fourth-order valence-corrected chi connectivity index (χ4v) is 1.58. The van der Waals surface area contributed by atoms with Gasteiger partial charge in [-0.15, -0.1) is 0 Å². The van der Waals surface area contributed by atoms with Gasteiger partial charge < -0.3 is 5.11 Å². The van der Waals surface area contributed by atoms with E-state index in [1.807, 2.05) is 0 Å². The van der Waals surface area contributed by atoms with Crippen LogP contribution in [0, 0.1) is 12.7 Å². The first-order chi connectivity index (χ1) is 7.99. The van der Waals surface area contributed by atoms with Gasteiger partial charge in [-0.05, 0) is 30.7 Å². The summed E-state index contributed by atoms with van der Waals surface area (Å²) < 4.78 is 13.7. The number of rotatable bonds is 2. The first-order valence-corrected chi connectivity index (χ1v) is 5.11. The van der Waals surface area contributed by atoms with Gasteiger partial charge in [0, 0.05) is 10.6 Å². The van der Waals surface area contributed by atoms with Crippen LogP contribution < -0.4 is 0 Å². The van der Waals surface area contributed by atoms with Crippen LogP contribution in [0.3, 0.4) is 0 Å². The molecule has 2 aromatic rings. The molecule has 1 aromatic carbocycles. The van der Waals surface area contributed by atoms with Gasteiger partial charge in [-0.2, -0.15) is 5.10 Å². The maximum Gasteiger partial charge on any atom is 0.353 e. The minimum atomic E-state index is -1.15. The third kappa shape index (κ3) is 2.14. The predicted octanol–water partition coefficient (Wildman–Crippen LogP) is 2.88. The highest BCUT2D eigenvalue weighted by atomic mass is 35.5. The number of aromatic carboxylic acids is 1. The molecule has 0 unspecified atom stereocenters. The monoisotopic (exact) mass is 254 g/mol. The average Bonchev–Trinajstić information content (AvgIpc) is 2.72. The molecule has 88 valence electrons. The Morgan fingerprint density at radius 2 is 2.18 bits per heavy atom. The zero-order valence-corrected chi connectivity index (χ0v) is 9.55. The highest BCUT2D eigenvalue weighted by Gasteiger charge is 2.14. The van der Waals surface area contributed by atoms with Crippen LogP contribution >= 0.6 is 11.6 Å². The lowest BCUT2D eigenvalue weighted by Crippen LogP contribution is -1.95. The Morgan fingerprint density at radius 3 is 2.76 bits per heavy atom. The molecule has 0 spiro atoms. The molecule has 0 bridgehead atoms. The number of hydrogen-bond donors (Lipinski definition) is 2. The normalized spacial score (nSPS) is 10.5. The van der Waals surface area contributed by atoms with Crippen LogP contribution in [0.15, 0.2) is 18.2 Å². The number of benzene rings is 1. The summed E-state index contributed by atoms with van der Waals surface area (Å²) in [4.78, 5) is 10.7. The summed E-state index contributed by atoms with van der Waals surface area (Å²) in [5.74, 6) is -1.64. The van der Waals surface area contributed by atoms with Crippen molar-refractivity contribution in [1.82, 2.24) is 10.2 Å². The van der Waals surface area contributed by atoms with Crippen LogP contribution in [-0.2, 0) is 0 Å². The molecule has 6 heteroatoms. The molecule has 17 heavy (non-hydrogen) atoms. The molecule has 0 fully saturated rings. The summed E-state index contributed by atoms with van der Waals surface area (Å²) in [5, 5.41) is 15.2. The van der Waals surface area contributed by atoms with Gasteiger partial charge in [-0.25, -0.2) is 9.18 Å². The Kier molecular flexibility index (Phi) is 2.85. The van der Waals surface area contributed by atoms with Gasteiger partial charge in [0.05, 0.1) is 5.69 Å². The minimum absolute atomic E-state index is 0.101. The number of halogens is 2. The molecule has 0 aliphatic carbocycles. The molecule has 0 saturated carbocycles. The fraction of sp³-hybridized carbons (Fsp3) is 0.0909. The van der Waals surface area contributed by atoms with Crippen LogP contribution in [0.1, 0.15) is 16.1 Å². The quantitative estimate of drug-likeness (QED) is 0.866. The number of H-pyrrole nitrogens is 1. The molecule has 1 aromatic heterocycles. The topological polar surface area (TPSA) is 66.0 Å². The highest BCUT2D eigenvalue weighted by molar-refractivity contribution is 6.31. The average molecular weight is 255 g/mol. The molecule has 0 amide bonds. The van der Waals surface area contributed by atoms with Crippen molar-refractivity contribution in [3.8, 4) is 11.3 Å². The fourth-order valence-electron chi connectivity index (χ4n) is 1.41. The number of hydrogen-bond acceptors (Lipinski definition) is 2. The summed E-state index contributed by atoms with van der Waals surface area (Å²) in [7, 11) is 0. The second-order valence-corrected chi connectivity index (χ2v) is 3.96. The minimum Gasteiger partial charge on any atom is -0.477 e. The summed E-state index contributed by atoms with van der Waals surface area (Å²) in [5.41, 5.74) is 0.893.